The van der Waals surface area contributed by atoms with E-state index in [0.717, 1.165) is 13.1 Å². The van der Waals surface area contributed by atoms with Gasteiger partial charge in [-0.05, 0) is 25.1 Å². The van der Waals surface area contributed by atoms with Gasteiger partial charge in [-0.25, -0.2) is 0 Å². The van der Waals surface area contributed by atoms with Crippen molar-refractivity contribution in [2.24, 2.45) is 5.11 Å². The molecule has 0 fully saturated rings. The Kier molecular flexibility index (Phi) is 4.68. The summed E-state index contributed by atoms with van der Waals surface area (Å²) in [7, 11) is 2.02. The van der Waals surface area contributed by atoms with Crippen molar-refractivity contribution in [3.63, 3.8) is 0 Å². The van der Waals surface area contributed by atoms with Gasteiger partial charge in [0.2, 0.25) is 0 Å². The summed E-state index contributed by atoms with van der Waals surface area (Å²) in [6, 6.07) is 8.43. The van der Waals surface area contributed by atoms with E-state index >= 15 is 0 Å². The molecule has 0 heterocycles. The number of benzene rings is 1. The number of likely N-dealkylation sites (N-methyl/N-ethyl adjacent to an activating group) is 1. The largest absolute Gasteiger partial charge is 0.302 e. The van der Waals surface area contributed by atoms with Gasteiger partial charge in [0.1, 0.15) is 0 Å². The highest BCUT2D eigenvalue weighted by molar-refractivity contribution is 5.21. The molecule has 0 aliphatic carbocycles. The quantitative estimate of drug-likeness (QED) is 0.413. The Morgan fingerprint density at radius 2 is 2.27 bits per heavy atom. The van der Waals surface area contributed by atoms with Crippen molar-refractivity contribution in [2.75, 3.05) is 20.1 Å². The van der Waals surface area contributed by atoms with E-state index < -0.39 is 0 Å². The minimum Gasteiger partial charge on any atom is -0.302 e. The van der Waals surface area contributed by atoms with E-state index in [1.807, 2.05) is 7.05 Å². The minimum atomic E-state index is 0.527. The lowest BCUT2D eigenvalue weighted by Crippen LogP contribution is -2.20. The van der Waals surface area contributed by atoms with Crippen LogP contribution in [0.15, 0.2) is 29.4 Å². The SMILES string of the molecule is Cc1cccc(CN(C)CCN=[N+]=[N-])c1. The Morgan fingerprint density at radius 3 is 2.93 bits per heavy atom. The van der Waals surface area contributed by atoms with E-state index in [-0.39, 0.29) is 0 Å². The summed E-state index contributed by atoms with van der Waals surface area (Å²) >= 11 is 0. The number of hydrogen-bond donors (Lipinski definition) is 0. The van der Waals surface area contributed by atoms with Crippen molar-refractivity contribution >= 4 is 0 Å². The smallest absolute Gasteiger partial charge is 0.0385 e. The molecular weight excluding hydrogens is 188 g/mol. The first kappa shape index (κ1) is 11.6. The fraction of sp³-hybridized carbons (Fsp3) is 0.455. The van der Waals surface area contributed by atoms with Gasteiger partial charge in [0.05, 0.1) is 0 Å². The molecule has 1 rings (SSSR count). The molecule has 0 amide bonds. The van der Waals surface area contributed by atoms with Gasteiger partial charge in [-0.1, -0.05) is 34.9 Å². The Morgan fingerprint density at radius 1 is 1.47 bits per heavy atom. The van der Waals surface area contributed by atoms with Crippen LogP contribution in [0.1, 0.15) is 11.1 Å². The molecule has 0 aromatic heterocycles. The fourth-order valence-corrected chi connectivity index (χ4v) is 1.46. The number of hydrogen-bond acceptors (Lipinski definition) is 2. The second-order valence-corrected chi connectivity index (χ2v) is 3.68. The zero-order chi connectivity index (χ0) is 11.1. The number of azide groups is 1. The second-order valence-electron chi connectivity index (χ2n) is 3.68. The highest BCUT2D eigenvalue weighted by Crippen LogP contribution is 2.06. The van der Waals surface area contributed by atoms with Gasteiger partial charge in [-0.3, -0.25) is 0 Å². The molecule has 0 bridgehead atoms. The van der Waals surface area contributed by atoms with Crippen LogP contribution in [0.4, 0.5) is 0 Å². The molecule has 1 aromatic rings. The van der Waals surface area contributed by atoms with Gasteiger partial charge in [0.25, 0.3) is 0 Å². The lowest BCUT2D eigenvalue weighted by atomic mass is 10.1. The van der Waals surface area contributed by atoms with Crippen LogP contribution in [0, 0.1) is 6.92 Å². The van der Waals surface area contributed by atoms with Crippen molar-refractivity contribution in [1.82, 2.24) is 4.90 Å². The molecule has 0 atom stereocenters. The number of nitrogens with zero attached hydrogens (tertiary/aromatic N) is 4. The van der Waals surface area contributed by atoms with Crippen LogP contribution in [-0.4, -0.2) is 25.0 Å². The third-order valence-electron chi connectivity index (χ3n) is 2.18. The highest BCUT2D eigenvalue weighted by Gasteiger charge is 1.99. The average Bonchev–Trinajstić information content (AvgIpc) is 2.18. The zero-order valence-electron chi connectivity index (χ0n) is 9.22. The molecule has 4 heteroatoms. The van der Waals surface area contributed by atoms with Crippen LogP contribution in [0.5, 0.6) is 0 Å². The molecular formula is C11H16N4. The first-order valence-electron chi connectivity index (χ1n) is 4.97. The molecule has 0 spiro atoms. The maximum Gasteiger partial charge on any atom is 0.0385 e. The predicted octanol–water partition coefficient (Wildman–Crippen LogP) is 2.74. The molecule has 0 unspecified atom stereocenters. The first-order valence-corrected chi connectivity index (χ1v) is 4.97. The summed E-state index contributed by atoms with van der Waals surface area (Å²) in [5.74, 6) is 0. The second kappa shape index (κ2) is 6.06. The van der Waals surface area contributed by atoms with Gasteiger partial charge < -0.3 is 4.90 Å². The van der Waals surface area contributed by atoms with Crippen LogP contribution in [0.2, 0.25) is 0 Å². The van der Waals surface area contributed by atoms with Crippen molar-refractivity contribution < 1.29 is 0 Å². The molecule has 0 saturated heterocycles. The maximum atomic E-state index is 8.15. The van der Waals surface area contributed by atoms with Crippen LogP contribution in [-0.2, 0) is 6.54 Å². The minimum absolute atomic E-state index is 0.527. The third kappa shape index (κ3) is 4.49. The van der Waals surface area contributed by atoms with Gasteiger partial charge in [0, 0.05) is 24.5 Å². The molecule has 1 aromatic carbocycles. The summed E-state index contributed by atoms with van der Waals surface area (Å²) in [5.41, 5.74) is 10.7. The first-order chi connectivity index (χ1) is 7.22. The van der Waals surface area contributed by atoms with Crippen molar-refractivity contribution in [3.05, 3.63) is 45.8 Å². The Bertz CT molecular complexity index is 355. The molecule has 0 N–H and O–H groups in total. The monoisotopic (exact) mass is 204 g/mol. The van der Waals surface area contributed by atoms with Crippen LogP contribution in [0.25, 0.3) is 10.4 Å². The Balaban J connectivity index is 2.43. The third-order valence-corrected chi connectivity index (χ3v) is 2.18. The van der Waals surface area contributed by atoms with Gasteiger partial charge in [-0.15, -0.1) is 0 Å². The van der Waals surface area contributed by atoms with E-state index in [9.17, 15) is 0 Å². The van der Waals surface area contributed by atoms with E-state index in [4.69, 9.17) is 5.53 Å². The summed E-state index contributed by atoms with van der Waals surface area (Å²) in [5, 5.41) is 3.51. The number of rotatable bonds is 5. The van der Waals surface area contributed by atoms with Crippen LogP contribution in [0.3, 0.4) is 0 Å². The highest BCUT2D eigenvalue weighted by atomic mass is 15.2. The zero-order valence-corrected chi connectivity index (χ0v) is 9.22. The van der Waals surface area contributed by atoms with Crippen LogP contribution >= 0.6 is 0 Å². The molecule has 15 heavy (non-hydrogen) atoms. The molecule has 0 aliphatic rings. The normalized spacial score (nSPS) is 10.1. The Hall–Kier alpha value is -1.51. The lowest BCUT2D eigenvalue weighted by Gasteiger charge is -2.15. The van der Waals surface area contributed by atoms with Gasteiger partial charge in [-0.2, -0.15) is 0 Å². The molecule has 0 radical (unpaired) electrons. The molecule has 0 aliphatic heterocycles. The van der Waals surface area contributed by atoms with E-state index in [1.165, 1.54) is 11.1 Å². The van der Waals surface area contributed by atoms with Crippen molar-refractivity contribution in [1.29, 1.82) is 0 Å². The van der Waals surface area contributed by atoms with E-state index in [1.54, 1.807) is 0 Å². The standard InChI is InChI=1S/C11H16N4/c1-10-4-3-5-11(8-10)9-15(2)7-6-13-14-12/h3-5,8H,6-7,9H2,1-2H3. The molecule has 80 valence electrons. The average molecular weight is 204 g/mol. The van der Waals surface area contributed by atoms with Gasteiger partial charge >= 0.3 is 0 Å². The Labute approximate surface area is 90.1 Å². The van der Waals surface area contributed by atoms with Crippen molar-refractivity contribution in [2.45, 2.75) is 13.5 Å². The topological polar surface area (TPSA) is 52.0 Å². The summed E-state index contributed by atoms with van der Waals surface area (Å²) in [6.45, 7) is 4.29. The maximum absolute atomic E-state index is 8.15. The molecule has 0 saturated carbocycles. The lowest BCUT2D eigenvalue weighted by molar-refractivity contribution is 0.336. The van der Waals surface area contributed by atoms with Crippen molar-refractivity contribution in [3.8, 4) is 0 Å². The van der Waals surface area contributed by atoms with E-state index in [2.05, 4.69) is 46.1 Å². The van der Waals surface area contributed by atoms with Gasteiger partial charge in [0.15, 0.2) is 0 Å². The summed E-state index contributed by atoms with van der Waals surface area (Å²) in [6.07, 6.45) is 0. The summed E-state index contributed by atoms with van der Waals surface area (Å²) in [4.78, 5) is 4.87. The van der Waals surface area contributed by atoms with Crippen LogP contribution < -0.4 is 0 Å². The summed E-state index contributed by atoms with van der Waals surface area (Å²) < 4.78 is 0. The number of aryl methyl sites for hydroxylation is 1. The molecule has 4 nitrogen and oxygen atoms in total. The fourth-order valence-electron chi connectivity index (χ4n) is 1.46. The van der Waals surface area contributed by atoms with E-state index in [0.29, 0.717) is 6.54 Å². The predicted molar refractivity (Wildman–Crippen MR) is 61.5 cm³/mol.